The highest BCUT2D eigenvalue weighted by atomic mass is 35.5. The van der Waals surface area contributed by atoms with E-state index < -0.39 is 0 Å². The molecule has 1 amide bonds. The molecule has 0 unspecified atom stereocenters. The van der Waals surface area contributed by atoms with E-state index in [4.69, 9.17) is 27.9 Å². The quantitative estimate of drug-likeness (QED) is 0.600. The molecule has 0 aromatic heterocycles. The number of ether oxygens (including phenoxy) is 1. The van der Waals surface area contributed by atoms with Crippen molar-refractivity contribution in [3.63, 3.8) is 0 Å². The van der Waals surface area contributed by atoms with E-state index in [1.54, 1.807) is 48.5 Å². The van der Waals surface area contributed by atoms with Gasteiger partial charge in [-0.15, -0.1) is 0 Å². The summed E-state index contributed by atoms with van der Waals surface area (Å²) in [7, 11) is 0. The van der Waals surface area contributed by atoms with Crippen molar-refractivity contribution in [1.29, 1.82) is 0 Å². The van der Waals surface area contributed by atoms with E-state index in [2.05, 4.69) is 5.32 Å². The van der Waals surface area contributed by atoms with Gasteiger partial charge in [0.1, 0.15) is 11.5 Å². The van der Waals surface area contributed by atoms with Crippen molar-refractivity contribution in [2.24, 2.45) is 0 Å². The van der Waals surface area contributed by atoms with E-state index in [0.29, 0.717) is 27.2 Å². The standard InChI is InChI=1S/C20H15Cl2NO2/c21-15-7-9-18(10-8-15)25-19-6-1-3-14(11-19)12-20(24)23-17-5-2-4-16(22)13-17/h1-11,13H,12H2,(H,23,24). The molecule has 3 nitrogen and oxygen atoms in total. The van der Waals surface area contributed by atoms with Crippen molar-refractivity contribution >= 4 is 34.8 Å². The van der Waals surface area contributed by atoms with Crippen LogP contribution in [0.25, 0.3) is 0 Å². The van der Waals surface area contributed by atoms with Crippen molar-refractivity contribution in [3.8, 4) is 11.5 Å². The number of benzene rings is 3. The third-order valence-electron chi connectivity index (χ3n) is 3.42. The number of carbonyl (C=O) groups is 1. The average molecular weight is 372 g/mol. The lowest BCUT2D eigenvalue weighted by atomic mass is 10.1. The van der Waals surface area contributed by atoms with Gasteiger partial charge in [-0.1, -0.05) is 41.4 Å². The van der Waals surface area contributed by atoms with Gasteiger partial charge in [0.25, 0.3) is 0 Å². The summed E-state index contributed by atoms with van der Waals surface area (Å²) in [6.07, 6.45) is 0.240. The highest BCUT2D eigenvalue weighted by molar-refractivity contribution is 6.31. The Balaban J connectivity index is 1.64. The number of amides is 1. The van der Waals surface area contributed by atoms with Gasteiger partial charge in [0.05, 0.1) is 6.42 Å². The largest absolute Gasteiger partial charge is 0.457 e. The number of hydrogen-bond donors (Lipinski definition) is 1. The van der Waals surface area contributed by atoms with Gasteiger partial charge in [0.15, 0.2) is 0 Å². The molecule has 0 atom stereocenters. The van der Waals surface area contributed by atoms with Gasteiger partial charge >= 0.3 is 0 Å². The first-order valence-corrected chi connectivity index (χ1v) is 8.42. The molecule has 126 valence electrons. The Bertz CT molecular complexity index is 879. The van der Waals surface area contributed by atoms with Crippen LogP contribution in [0.2, 0.25) is 10.0 Å². The fraction of sp³-hybridized carbons (Fsp3) is 0.0500. The molecule has 0 aliphatic carbocycles. The monoisotopic (exact) mass is 371 g/mol. The maximum atomic E-state index is 12.2. The first-order chi connectivity index (χ1) is 12.1. The number of hydrogen-bond acceptors (Lipinski definition) is 2. The van der Waals surface area contributed by atoms with E-state index in [-0.39, 0.29) is 12.3 Å². The zero-order chi connectivity index (χ0) is 17.6. The Kier molecular flexibility index (Phi) is 5.59. The maximum Gasteiger partial charge on any atom is 0.228 e. The lowest BCUT2D eigenvalue weighted by molar-refractivity contribution is -0.115. The molecule has 0 fully saturated rings. The highest BCUT2D eigenvalue weighted by Gasteiger charge is 2.06. The molecule has 0 radical (unpaired) electrons. The molecule has 0 saturated heterocycles. The summed E-state index contributed by atoms with van der Waals surface area (Å²) in [5.74, 6) is 1.23. The zero-order valence-electron chi connectivity index (χ0n) is 13.2. The van der Waals surface area contributed by atoms with Gasteiger partial charge < -0.3 is 10.1 Å². The molecule has 0 spiro atoms. The minimum absolute atomic E-state index is 0.120. The number of carbonyl (C=O) groups excluding carboxylic acids is 1. The van der Waals surface area contributed by atoms with Crippen LogP contribution < -0.4 is 10.1 Å². The Morgan fingerprint density at radius 2 is 1.60 bits per heavy atom. The zero-order valence-corrected chi connectivity index (χ0v) is 14.7. The van der Waals surface area contributed by atoms with Crippen molar-refractivity contribution in [2.45, 2.75) is 6.42 Å². The molecule has 0 aliphatic heterocycles. The Labute approximate surface area is 156 Å². The molecule has 3 rings (SSSR count). The maximum absolute atomic E-state index is 12.2. The number of anilines is 1. The van der Waals surface area contributed by atoms with Crippen LogP contribution in [-0.4, -0.2) is 5.91 Å². The second-order valence-corrected chi connectivity index (χ2v) is 6.31. The molecule has 1 N–H and O–H groups in total. The van der Waals surface area contributed by atoms with Crippen molar-refractivity contribution < 1.29 is 9.53 Å². The van der Waals surface area contributed by atoms with Crippen LogP contribution in [0.15, 0.2) is 72.8 Å². The lowest BCUT2D eigenvalue weighted by Gasteiger charge is -2.09. The fourth-order valence-corrected chi connectivity index (χ4v) is 2.63. The Morgan fingerprint density at radius 1 is 0.840 bits per heavy atom. The molecule has 0 aliphatic rings. The van der Waals surface area contributed by atoms with Crippen LogP contribution in [0.3, 0.4) is 0 Å². The first-order valence-electron chi connectivity index (χ1n) is 7.66. The molecular weight excluding hydrogens is 357 g/mol. The summed E-state index contributed by atoms with van der Waals surface area (Å²) in [5, 5.41) is 4.06. The molecule has 0 bridgehead atoms. The third kappa shape index (κ3) is 5.24. The molecule has 5 heteroatoms. The molecule has 3 aromatic rings. The molecule has 3 aromatic carbocycles. The second kappa shape index (κ2) is 8.06. The van der Waals surface area contributed by atoms with E-state index in [0.717, 1.165) is 5.56 Å². The number of halogens is 2. The van der Waals surface area contributed by atoms with E-state index >= 15 is 0 Å². The molecule has 0 saturated carbocycles. The predicted molar refractivity (Wildman–Crippen MR) is 102 cm³/mol. The van der Waals surface area contributed by atoms with E-state index in [1.165, 1.54) is 0 Å². The van der Waals surface area contributed by atoms with Gasteiger partial charge in [-0.3, -0.25) is 4.79 Å². The van der Waals surface area contributed by atoms with Gasteiger partial charge in [-0.25, -0.2) is 0 Å². The smallest absolute Gasteiger partial charge is 0.228 e. The normalized spacial score (nSPS) is 10.3. The molecule has 0 heterocycles. The van der Waals surface area contributed by atoms with Crippen LogP contribution in [0.4, 0.5) is 5.69 Å². The van der Waals surface area contributed by atoms with Crippen molar-refractivity contribution in [1.82, 2.24) is 0 Å². The van der Waals surface area contributed by atoms with Crippen LogP contribution in [0.1, 0.15) is 5.56 Å². The number of nitrogens with one attached hydrogen (secondary N) is 1. The van der Waals surface area contributed by atoms with Crippen molar-refractivity contribution in [3.05, 3.63) is 88.4 Å². The summed E-state index contributed by atoms with van der Waals surface area (Å²) < 4.78 is 5.78. The first kappa shape index (κ1) is 17.3. The fourth-order valence-electron chi connectivity index (χ4n) is 2.31. The minimum Gasteiger partial charge on any atom is -0.457 e. The van der Waals surface area contributed by atoms with Gasteiger partial charge in [-0.05, 0) is 60.2 Å². The summed E-state index contributed by atoms with van der Waals surface area (Å²) >= 11 is 11.8. The summed E-state index contributed by atoms with van der Waals surface area (Å²) in [4.78, 5) is 12.2. The van der Waals surface area contributed by atoms with E-state index in [9.17, 15) is 4.79 Å². The topological polar surface area (TPSA) is 38.3 Å². The molecular formula is C20H15Cl2NO2. The summed E-state index contributed by atoms with van der Waals surface area (Å²) in [6, 6.07) is 21.6. The molecule has 25 heavy (non-hydrogen) atoms. The van der Waals surface area contributed by atoms with Gasteiger partial charge in [-0.2, -0.15) is 0 Å². The Hall–Kier alpha value is -2.49. The van der Waals surface area contributed by atoms with Gasteiger partial charge in [0, 0.05) is 15.7 Å². The van der Waals surface area contributed by atoms with Crippen LogP contribution >= 0.6 is 23.2 Å². The lowest BCUT2D eigenvalue weighted by Crippen LogP contribution is -2.14. The highest BCUT2D eigenvalue weighted by Crippen LogP contribution is 2.24. The number of rotatable bonds is 5. The second-order valence-electron chi connectivity index (χ2n) is 5.44. The van der Waals surface area contributed by atoms with Crippen LogP contribution in [0.5, 0.6) is 11.5 Å². The van der Waals surface area contributed by atoms with E-state index in [1.807, 2.05) is 24.3 Å². The van der Waals surface area contributed by atoms with Gasteiger partial charge in [0.2, 0.25) is 5.91 Å². The SMILES string of the molecule is O=C(Cc1cccc(Oc2ccc(Cl)cc2)c1)Nc1cccc(Cl)c1. The summed E-state index contributed by atoms with van der Waals surface area (Å²) in [5.41, 5.74) is 1.53. The average Bonchev–Trinajstić information content (AvgIpc) is 2.57. The Morgan fingerprint density at radius 3 is 2.36 bits per heavy atom. The third-order valence-corrected chi connectivity index (χ3v) is 3.91. The van der Waals surface area contributed by atoms with Crippen LogP contribution in [-0.2, 0) is 11.2 Å². The van der Waals surface area contributed by atoms with Crippen molar-refractivity contribution in [2.75, 3.05) is 5.32 Å². The minimum atomic E-state index is -0.120. The summed E-state index contributed by atoms with van der Waals surface area (Å²) in [6.45, 7) is 0. The van der Waals surface area contributed by atoms with Crippen LogP contribution in [0, 0.1) is 0 Å². The predicted octanol–water partition coefficient (Wildman–Crippen LogP) is 5.97.